The van der Waals surface area contributed by atoms with Crippen molar-refractivity contribution in [1.29, 1.82) is 5.26 Å². The van der Waals surface area contributed by atoms with Gasteiger partial charge in [-0.15, -0.1) is 0 Å². The lowest BCUT2D eigenvalue weighted by atomic mass is 9.93. The quantitative estimate of drug-likeness (QED) is 0.647. The number of hydrogen-bond donors (Lipinski definition) is 3. The Morgan fingerprint density at radius 1 is 1.36 bits per heavy atom. The van der Waals surface area contributed by atoms with Crippen LogP contribution in [0.4, 0.5) is 4.79 Å². The van der Waals surface area contributed by atoms with Gasteiger partial charge in [0.15, 0.2) is 0 Å². The van der Waals surface area contributed by atoms with E-state index in [9.17, 15) is 9.59 Å². The van der Waals surface area contributed by atoms with Gasteiger partial charge in [-0.2, -0.15) is 5.26 Å². The number of carboxylic acids is 1. The molecule has 1 heterocycles. The van der Waals surface area contributed by atoms with Gasteiger partial charge in [-0.1, -0.05) is 0 Å². The minimum atomic E-state index is -0.868. The van der Waals surface area contributed by atoms with Crippen LogP contribution in [0.3, 0.4) is 0 Å². The third kappa shape index (κ3) is 6.30. The second-order valence-corrected chi connectivity index (χ2v) is 5.96. The molecule has 1 aliphatic carbocycles. The summed E-state index contributed by atoms with van der Waals surface area (Å²) in [5.41, 5.74) is 0.420. The molecule has 3 N–H and O–H groups in total. The number of ether oxygens (including phenoxy) is 1. The van der Waals surface area contributed by atoms with E-state index >= 15 is 0 Å². The van der Waals surface area contributed by atoms with E-state index in [0.29, 0.717) is 24.4 Å². The van der Waals surface area contributed by atoms with Crippen molar-refractivity contribution in [3.63, 3.8) is 0 Å². The normalized spacial score (nSPS) is 19.5. The van der Waals surface area contributed by atoms with Crippen LogP contribution in [0.5, 0.6) is 5.88 Å². The van der Waals surface area contributed by atoms with Crippen LogP contribution in [0.2, 0.25) is 0 Å². The molecular weight excluding hydrogens is 324 g/mol. The maximum atomic E-state index is 11.8. The molecule has 0 spiro atoms. The molecule has 8 heteroatoms. The maximum absolute atomic E-state index is 11.8. The first-order valence-corrected chi connectivity index (χ1v) is 8.36. The molecule has 0 aromatic carbocycles. The molecule has 25 heavy (non-hydrogen) atoms. The fourth-order valence-electron chi connectivity index (χ4n) is 2.73. The highest BCUT2D eigenvalue weighted by Gasteiger charge is 2.24. The molecule has 1 saturated carbocycles. The molecular formula is C17H22N4O4. The van der Waals surface area contributed by atoms with Gasteiger partial charge in [0.05, 0.1) is 0 Å². The van der Waals surface area contributed by atoms with E-state index in [1.165, 1.54) is 0 Å². The number of aromatic nitrogens is 1. The van der Waals surface area contributed by atoms with Gasteiger partial charge in [0.2, 0.25) is 5.88 Å². The number of urea groups is 1. The van der Waals surface area contributed by atoms with Crippen LogP contribution < -0.4 is 15.4 Å². The lowest BCUT2D eigenvalue weighted by Crippen LogP contribution is -2.45. The van der Waals surface area contributed by atoms with E-state index in [2.05, 4.69) is 21.7 Å². The van der Waals surface area contributed by atoms with E-state index in [1.54, 1.807) is 18.3 Å². The van der Waals surface area contributed by atoms with Gasteiger partial charge in [-0.25, -0.2) is 9.78 Å². The Kier molecular flexibility index (Phi) is 7.01. The van der Waals surface area contributed by atoms with Crippen molar-refractivity contribution >= 4 is 12.0 Å². The summed E-state index contributed by atoms with van der Waals surface area (Å²) in [6.07, 6.45) is 5.13. The van der Waals surface area contributed by atoms with E-state index in [4.69, 9.17) is 15.1 Å². The number of amides is 2. The number of carbonyl (C=O) groups is 2. The van der Waals surface area contributed by atoms with Crippen molar-refractivity contribution in [3.05, 3.63) is 23.9 Å². The number of carbonyl (C=O) groups excluding carboxylic acids is 1. The summed E-state index contributed by atoms with van der Waals surface area (Å²) >= 11 is 0. The molecule has 1 aromatic heterocycles. The second kappa shape index (κ2) is 9.47. The summed E-state index contributed by atoms with van der Waals surface area (Å²) in [6.45, 7) is 0.340. The van der Waals surface area contributed by atoms with Gasteiger partial charge in [-0.3, -0.25) is 4.79 Å². The van der Waals surface area contributed by atoms with Crippen molar-refractivity contribution in [3.8, 4) is 11.9 Å². The van der Waals surface area contributed by atoms with Crippen LogP contribution in [0.1, 0.15) is 44.1 Å². The molecule has 0 saturated heterocycles. The monoisotopic (exact) mass is 346 g/mol. The van der Waals surface area contributed by atoms with Gasteiger partial charge in [0.1, 0.15) is 17.7 Å². The number of nitrogens with one attached hydrogen (secondary N) is 2. The third-order valence-electron chi connectivity index (χ3n) is 4.03. The van der Waals surface area contributed by atoms with E-state index in [0.717, 1.165) is 25.7 Å². The molecule has 1 aromatic rings. The van der Waals surface area contributed by atoms with Crippen LogP contribution in [-0.2, 0) is 4.79 Å². The SMILES string of the molecule is N#Cc1cccnc1OC1CCC(NC(=O)NCCCC(=O)O)CC1. The van der Waals surface area contributed by atoms with E-state index in [-0.39, 0.29) is 24.6 Å². The van der Waals surface area contributed by atoms with Crippen molar-refractivity contribution in [2.75, 3.05) is 6.54 Å². The highest BCUT2D eigenvalue weighted by molar-refractivity contribution is 5.74. The number of rotatable bonds is 7. The Morgan fingerprint density at radius 2 is 2.12 bits per heavy atom. The van der Waals surface area contributed by atoms with Gasteiger partial charge >= 0.3 is 12.0 Å². The van der Waals surface area contributed by atoms with Crippen LogP contribution in [0.15, 0.2) is 18.3 Å². The van der Waals surface area contributed by atoms with Crippen molar-refractivity contribution < 1.29 is 19.4 Å². The van der Waals surface area contributed by atoms with Gasteiger partial charge in [0, 0.05) is 25.2 Å². The van der Waals surface area contributed by atoms with Crippen LogP contribution in [0.25, 0.3) is 0 Å². The van der Waals surface area contributed by atoms with Crippen LogP contribution in [0, 0.1) is 11.3 Å². The molecule has 0 aliphatic heterocycles. The Bertz CT molecular complexity index is 636. The predicted molar refractivity (Wildman–Crippen MR) is 89.0 cm³/mol. The number of nitriles is 1. The summed E-state index contributed by atoms with van der Waals surface area (Å²) in [5, 5.41) is 23.1. The molecule has 1 fully saturated rings. The third-order valence-corrected chi connectivity index (χ3v) is 4.03. The standard InChI is InChI=1S/C17H22N4O4/c18-11-12-3-1-9-19-16(12)25-14-7-5-13(6-8-14)21-17(24)20-10-2-4-15(22)23/h1,3,9,13-14H,2,4-8,10H2,(H,22,23)(H2,20,21,24). The topological polar surface area (TPSA) is 124 Å². The smallest absolute Gasteiger partial charge is 0.315 e. The van der Waals surface area contributed by atoms with Gasteiger partial charge in [0.25, 0.3) is 0 Å². The minimum Gasteiger partial charge on any atom is -0.481 e. The number of carboxylic acid groups (broad SMARTS) is 1. The number of nitrogens with zero attached hydrogens (tertiary/aromatic N) is 2. The molecule has 2 amide bonds. The first-order valence-electron chi connectivity index (χ1n) is 8.36. The fourth-order valence-corrected chi connectivity index (χ4v) is 2.73. The average Bonchev–Trinajstić information content (AvgIpc) is 2.61. The fraction of sp³-hybridized carbons (Fsp3) is 0.529. The molecule has 0 bridgehead atoms. The molecule has 8 nitrogen and oxygen atoms in total. The molecule has 0 unspecified atom stereocenters. The summed E-state index contributed by atoms with van der Waals surface area (Å²) in [7, 11) is 0. The summed E-state index contributed by atoms with van der Waals surface area (Å²) < 4.78 is 5.81. The van der Waals surface area contributed by atoms with E-state index in [1.807, 2.05) is 0 Å². The molecule has 1 aliphatic rings. The zero-order chi connectivity index (χ0) is 18.1. The first kappa shape index (κ1) is 18.5. The van der Waals surface area contributed by atoms with Crippen LogP contribution >= 0.6 is 0 Å². The first-order chi connectivity index (χ1) is 12.1. The molecule has 0 radical (unpaired) electrons. The largest absolute Gasteiger partial charge is 0.481 e. The zero-order valence-corrected chi connectivity index (χ0v) is 13.9. The summed E-state index contributed by atoms with van der Waals surface area (Å²) in [5.74, 6) is -0.509. The van der Waals surface area contributed by atoms with Gasteiger partial charge in [-0.05, 0) is 44.2 Å². The Hall–Kier alpha value is -2.82. The number of hydrogen-bond acceptors (Lipinski definition) is 5. The van der Waals surface area contributed by atoms with Crippen molar-refractivity contribution in [2.45, 2.75) is 50.7 Å². The Morgan fingerprint density at radius 3 is 2.80 bits per heavy atom. The molecule has 2 rings (SSSR count). The lowest BCUT2D eigenvalue weighted by Gasteiger charge is -2.29. The van der Waals surface area contributed by atoms with Gasteiger partial charge < -0.3 is 20.5 Å². The predicted octanol–water partition coefficient (Wildman–Crippen LogP) is 1.81. The lowest BCUT2D eigenvalue weighted by molar-refractivity contribution is -0.137. The number of aliphatic carboxylic acids is 1. The highest BCUT2D eigenvalue weighted by Crippen LogP contribution is 2.24. The Labute approximate surface area is 146 Å². The van der Waals surface area contributed by atoms with E-state index < -0.39 is 5.97 Å². The van der Waals surface area contributed by atoms with Crippen molar-refractivity contribution in [1.82, 2.24) is 15.6 Å². The van der Waals surface area contributed by atoms with Crippen molar-refractivity contribution in [2.24, 2.45) is 0 Å². The van der Waals surface area contributed by atoms with Crippen LogP contribution in [-0.4, -0.2) is 40.8 Å². The highest BCUT2D eigenvalue weighted by atomic mass is 16.5. The number of pyridine rings is 1. The molecule has 134 valence electrons. The zero-order valence-electron chi connectivity index (χ0n) is 13.9. The molecule has 0 atom stereocenters. The maximum Gasteiger partial charge on any atom is 0.315 e. The minimum absolute atomic E-state index is 0.0151. The Balaban J connectivity index is 1.68. The second-order valence-electron chi connectivity index (χ2n) is 5.96. The summed E-state index contributed by atoms with van der Waals surface area (Å²) in [4.78, 5) is 26.3. The average molecular weight is 346 g/mol. The summed E-state index contributed by atoms with van der Waals surface area (Å²) in [6, 6.07) is 5.22.